The highest BCUT2D eigenvalue weighted by molar-refractivity contribution is 5.25. The zero-order valence-corrected chi connectivity index (χ0v) is 7.92. The van der Waals surface area contributed by atoms with E-state index in [0.29, 0.717) is 0 Å². The molecule has 1 atom stereocenters. The smallest absolute Gasteiger partial charge is 0.140 e. The summed E-state index contributed by atoms with van der Waals surface area (Å²) in [7, 11) is 0. The Morgan fingerprint density at radius 2 is 2.46 bits per heavy atom. The molecule has 1 aromatic rings. The Morgan fingerprint density at radius 3 is 3.15 bits per heavy atom. The summed E-state index contributed by atoms with van der Waals surface area (Å²) in [6, 6.07) is 0. The van der Waals surface area contributed by atoms with Crippen molar-refractivity contribution in [1.29, 1.82) is 0 Å². The molecule has 0 bridgehead atoms. The number of hydrogen-bond acceptors (Lipinski definition) is 3. The normalized spacial score (nSPS) is 21.5. The zero-order valence-electron chi connectivity index (χ0n) is 7.92. The Labute approximate surface area is 77.7 Å². The van der Waals surface area contributed by atoms with Crippen molar-refractivity contribution in [2.75, 3.05) is 0 Å². The van der Waals surface area contributed by atoms with Crippen molar-refractivity contribution in [3.63, 3.8) is 0 Å². The average Bonchev–Trinajstić information content (AvgIpc) is 2.59. The van der Waals surface area contributed by atoms with Gasteiger partial charge >= 0.3 is 0 Å². The first-order chi connectivity index (χ1) is 6.35. The van der Waals surface area contributed by atoms with Gasteiger partial charge in [0.15, 0.2) is 0 Å². The number of nitrogens with zero attached hydrogens (tertiary/aromatic N) is 1. The summed E-state index contributed by atoms with van der Waals surface area (Å²) in [5.41, 5.74) is 1.91. The quantitative estimate of drug-likeness (QED) is 0.755. The molecule has 1 heterocycles. The van der Waals surface area contributed by atoms with Crippen LogP contribution in [0.15, 0.2) is 4.52 Å². The van der Waals surface area contributed by atoms with Crippen molar-refractivity contribution >= 4 is 0 Å². The Hall–Kier alpha value is -0.830. The van der Waals surface area contributed by atoms with Crippen molar-refractivity contribution < 1.29 is 9.63 Å². The molecule has 0 aromatic carbocycles. The molecule has 0 radical (unpaired) electrons. The van der Waals surface area contributed by atoms with Gasteiger partial charge in [0.2, 0.25) is 0 Å². The SMILES string of the molecule is CCC1CCc2onc(CO)c2C1. The van der Waals surface area contributed by atoms with Crippen LogP contribution < -0.4 is 0 Å². The van der Waals surface area contributed by atoms with E-state index in [9.17, 15) is 0 Å². The molecule has 1 unspecified atom stereocenters. The second-order valence-electron chi connectivity index (χ2n) is 3.71. The van der Waals surface area contributed by atoms with Gasteiger partial charge < -0.3 is 9.63 Å². The minimum Gasteiger partial charge on any atom is -0.390 e. The molecule has 2 rings (SSSR count). The largest absolute Gasteiger partial charge is 0.390 e. The van der Waals surface area contributed by atoms with Gasteiger partial charge in [0.1, 0.15) is 11.5 Å². The third kappa shape index (κ3) is 1.48. The van der Waals surface area contributed by atoms with Crippen LogP contribution in [0.5, 0.6) is 0 Å². The van der Waals surface area contributed by atoms with Gasteiger partial charge in [-0.25, -0.2) is 0 Å². The molecule has 72 valence electrons. The molecule has 0 amide bonds. The lowest BCUT2D eigenvalue weighted by Gasteiger charge is -2.19. The van der Waals surface area contributed by atoms with Gasteiger partial charge in [-0.3, -0.25) is 0 Å². The molecule has 13 heavy (non-hydrogen) atoms. The van der Waals surface area contributed by atoms with Crippen LogP contribution in [0.25, 0.3) is 0 Å². The fourth-order valence-corrected chi connectivity index (χ4v) is 2.01. The number of fused-ring (bicyclic) bond motifs is 1. The number of rotatable bonds is 2. The number of aliphatic hydroxyl groups excluding tert-OH is 1. The third-order valence-electron chi connectivity index (χ3n) is 2.95. The summed E-state index contributed by atoms with van der Waals surface area (Å²) in [4.78, 5) is 0. The zero-order chi connectivity index (χ0) is 9.26. The molecular formula is C10H15NO2. The highest BCUT2D eigenvalue weighted by atomic mass is 16.5. The van der Waals surface area contributed by atoms with Crippen LogP contribution in [0.3, 0.4) is 0 Å². The number of hydrogen-bond donors (Lipinski definition) is 1. The van der Waals surface area contributed by atoms with E-state index in [-0.39, 0.29) is 6.61 Å². The van der Waals surface area contributed by atoms with Gasteiger partial charge in [0.05, 0.1) is 6.61 Å². The van der Waals surface area contributed by atoms with E-state index in [0.717, 1.165) is 30.2 Å². The monoisotopic (exact) mass is 181 g/mol. The van der Waals surface area contributed by atoms with E-state index in [1.165, 1.54) is 18.4 Å². The molecule has 0 saturated heterocycles. The topological polar surface area (TPSA) is 46.3 Å². The van der Waals surface area contributed by atoms with Crippen molar-refractivity contribution in [1.82, 2.24) is 5.16 Å². The van der Waals surface area contributed by atoms with Gasteiger partial charge in [-0.05, 0) is 18.8 Å². The van der Waals surface area contributed by atoms with E-state index < -0.39 is 0 Å². The lowest BCUT2D eigenvalue weighted by molar-refractivity contribution is 0.265. The molecule has 1 aromatic heterocycles. The highest BCUT2D eigenvalue weighted by Gasteiger charge is 2.23. The minimum atomic E-state index is 0.00919. The summed E-state index contributed by atoms with van der Waals surface area (Å²) < 4.78 is 5.16. The molecular weight excluding hydrogens is 166 g/mol. The summed E-state index contributed by atoms with van der Waals surface area (Å²) in [5, 5.41) is 12.9. The lowest BCUT2D eigenvalue weighted by Crippen LogP contribution is -2.13. The van der Waals surface area contributed by atoms with Gasteiger partial charge in [0.25, 0.3) is 0 Å². The molecule has 1 N–H and O–H groups in total. The van der Waals surface area contributed by atoms with Crippen LogP contribution >= 0.6 is 0 Å². The van der Waals surface area contributed by atoms with Gasteiger partial charge in [0, 0.05) is 12.0 Å². The first kappa shape index (κ1) is 8.75. The molecule has 0 fully saturated rings. The molecule has 3 nitrogen and oxygen atoms in total. The maximum atomic E-state index is 9.02. The van der Waals surface area contributed by atoms with Crippen molar-refractivity contribution in [3.05, 3.63) is 17.0 Å². The first-order valence-electron chi connectivity index (χ1n) is 4.92. The second kappa shape index (κ2) is 3.50. The van der Waals surface area contributed by atoms with Gasteiger partial charge in [-0.1, -0.05) is 18.5 Å². The molecule has 0 saturated carbocycles. The fraction of sp³-hybridized carbons (Fsp3) is 0.700. The third-order valence-corrected chi connectivity index (χ3v) is 2.95. The molecule has 3 heteroatoms. The van der Waals surface area contributed by atoms with Crippen molar-refractivity contribution in [2.45, 2.75) is 39.2 Å². The summed E-state index contributed by atoms with van der Waals surface area (Å²) in [5.74, 6) is 1.74. The van der Waals surface area contributed by atoms with Crippen LogP contribution in [-0.2, 0) is 19.4 Å². The van der Waals surface area contributed by atoms with Gasteiger partial charge in [-0.15, -0.1) is 0 Å². The Kier molecular flexibility index (Phi) is 2.36. The van der Waals surface area contributed by atoms with E-state index >= 15 is 0 Å². The standard InChI is InChI=1S/C10H15NO2/c1-2-7-3-4-10-8(5-7)9(6-12)11-13-10/h7,12H,2-6H2,1H3. The van der Waals surface area contributed by atoms with Crippen LogP contribution in [0.2, 0.25) is 0 Å². The van der Waals surface area contributed by atoms with Crippen molar-refractivity contribution in [3.8, 4) is 0 Å². The van der Waals surface area contributed by atoms with Crippen LogP contribution in [0.4, 0.5) is 0 Å². The van der Waals surface area contributed by atoms with E-state index in [1.807, 2.05) is 0 Å². The van der Waals surface area contributed by atoms with Gasteiger partial charge in [-0.2, -0.15) is 0 Å². The molecule has 1 aliphatic rings. The first-order valence-corrected chi connectivity index (χ1v) is 4.92. The minimum absolute atomic E-state index is 0.00919. The second-order valence-corrected chi connectivity index (χ2v) is 3.71. The maximum absolute atomic E-state index is 9.02. The summed E-state index contributed by atoms with van der Waals surface area (Å²) in [6.45, 7) is 2.22. The van der Waals surface area contributed by atoms with E-state index in [1.54, 1.807) is 0 Å². The van der Waals surface area contributed by atoms with Crippen LogP contribution in [-0.4, -0.2) is 10.3 Å². The lowest BCUT2D eigenvalue weighted by atomic mass is 9.85. The predicted molar refractivity (Wildman–Crippen MR) is 48.2 cm³/mol. The predicted octanol–water partition coefficient (Wildman–Crippen LogP) is 1.68. The van der Waals surface area contributed by atoms with Crippen molar-refractivity contribution in [2.24, 2.45) is 5.92 Å². The highest BCUT2D eigenvalue weighted by Crippen LogP contribution is 2.29. The summed E-state index contributed by atoms with van der Waals surface area (Å²) in [6.07, 6.45) is 4.42. The van der Waals surface area contributed by atoms with Crippen LogP contribution in [0, 0.1) is 5.92 Å². The van der Waals surface area contributed by atoms with E-state index in [4.69, 9.17) is 9.63 Å². The molecule has 1 aliphatic carbocycles. The van der Waals surface area contributed by atoms with Crippen LogP contribution in [0.1, 0.15) is 36.8 Å². The summed E-state index contributed by atoms with van der Waals surface area (Å²) >= 11 is 0. The van der Waals surface area contributed by atoms with E-state index in [2.05, 4.69) is 12.1 Å². The molecule has 0 aliphatic heterocycles. The Balaban J connectivity index is 2.25. The number of aromatic nitrogens is 1. The number of aliphatic hydroxyl groups is 1. The molecule has 0 spiro atoms. The average molecular weight is 181 g/mol. The Bertz CT molecular complexity index is 280. The number of aryl methyl sites for hydroxylation is 1. The fourth-order valence-electron chi connectivity index (χ4n) is 2.01. The Morgan fingerprint density at radius 1 is 1.62 bits per heavy atom. The maximum Gasteiger partial charge on any atom is 0.140 e.